The fourth-order valence-electron chi connectivity index (χ4n) is 1.78. The summed E-state index contributed by atoms with van der Waals surface area (Å²) in [6, 6.07) is 10.7. The molecule has 0 aromatic heterocycles. The second-order valence-electron chi connectivity index (χ2n) is 4.80. The summed E-state index contributed by atoms with van der Waals surface area (Å²) in [5.41, 5.74) is -0.688. The van der Waals surface area contributed by atoms with Crippen molar-refractivity contribution < 1.29 is 17.9 Å². The Morgan fingerprint density at radius 2 is 1.90 bits per heavy atom. The van der Waals surface area contributed by atoms with Crippen molar-refractivity contribution in [3.63, 3.8) is 0 Å². The quantitative estimate of drug-likeness (QED) is 0.839. The third-order valence-electron chi connectivity index (χ3n) is 3.15. The molecule has 0 fully saturated rings. The lowest BCUT2D eigenvalue weighted by Crippen LogP contribution is -2.47. The summed E-state index contributed by atoms with van der Waals surface area (Å²) in [4.78, 5) is 0. The van der Waals surface area contributed by atoms with E-state index in [2.05, 4.69) is 11.4 Å². The first-order valence-corrected chi connectivity index (χ1v) is 6.76. The molecule has 0 saturated heterocycles. The molecule has 1 N–H and O–H groups in total. The van der Waals surface area contributed by atoms with Crippen LogP contribution in [0.4, 0.5) is 13.2 Å². The molecule has 1 aromatic carbocycles. The summed E-state index contributed by atoms with van der Waals surface area (Å²) >= 11 is 0. The fourth-order valence-corrected chi connectivity index (χ4v) is 1.78. The molecule has 2 atom stereocenters. The largest absolute Gasteiger partial charge is 0.414 e. The maximum atomic E-state index is 12.6. The molecular weight excluding hydrogens is 281 g/mol. The number of benzene rings is 1. The van der Waals surface area contributed by atoms with E-state index in [0.717, 1.165) is 13.3 Å². The molecule has 2 unspecified atom stereocenters. The summed E-state index contributed by atoms with van der Waals surface area (Å²) in [7, 11) is 0. The van der Waals surface area contributed by atoms with Gasteiger partial charge in [-0.2, -0.15) is 18.4 Å². The topological polar surface area (TPSA) is 45.0 Å². The van der Waals surface area contributed by atoms with E-state index in [1.54, 1.807) is 30.3 Å². The van der Waals surface area contributed by atoms with E-state index in [4.69, 9.17) is 4.74 Å². The van der Waals surface area contributed by atoms with Crippen LogP contribution in [0.15, 0.2) is 30.3 Å². The van der Waals surface area contributed by atoms with E-state index in [1.165, 1.54) is 0 Å². The average Bonchev–Trinajstić information content (AvgIpc) is 2.47. The molecule has 0 radical (unpaired) electrons. The zero-order chi connectivity index (χ0) is 15.9. The summed E-state index contributed by atoms with van der Waals surface area (Å²) in [6.07, 6.45) is -5.61. The standard InChI is InChI=1S/C15H19F3N2O/c1-3-9-20-14(10-19,13-7-5-4-6-8-13)11-21-12(2)15(16,17)18/h4-8,12,20H,3,9,11H2,1-2H3. The molecule has 6 heteroatoms. The Bertz CT molecular complexity index is 470. The molecule has 0 aliphatic rings. The number of nitrogens with zero attached hydrogens (tertiary/aromatic N) is 1. The molecule has 0 aliphatic carbocycles. The van der Waals surface area contributed by atoms with E-state index in [9.17, 15) is 18.4 Å². The number of hydrogen-bond donors (Lipinski definition) is 1. The molecule has 21 heavy (non-hydrogen) atoms. The van der Waals surface area contributed by atoms with Gasteiger partial charge in [-0.05, 0) is 25.5 Å². The number of nitriles is 1. The second-order valence-corrected chi connectivity index (χ2v) is 4.80. The van der Waals surface area contributed by atoms with Crippen molar-refractivity contribution in [3.8, 4) is 6.07 Å². The minimum atomic E-state index is -4.44. The van der Waals surface area contributed by atoms with Gasteiger partial charge in [0.2, 0.25) is 0 Å². The van der Waals surface area contributed by atoms with E-state index in [0.29, 0.717) is 12.1 Å². The van der Waals surface area contributed by atoms with Gasteiger partial charge in [-0.25, -0.2) is 0 Å². The molecule has 0 aliphatic heterocycles. The number of ether oxygens (including phenoxy) is 1. The van der Waals surface area contributed by atoms with Crippen molar-refractivity contribution in [1.29, 1.82) is 5.26 Å². The Morgan fingerprint density at radius 1 is 1.29 bits per heavy atom. The molecular formula is C15H19F3N2O. The maximum Gasteiger partial charge on any atom is 0.414 e. The zero-order valence-electron chi connectivity index (χ0n) is 12.1. The minimum absolute atomic E-state index is 0.367. The number of hydrogen-bond acceptors (Lipinski definition) is 3. The van der Waals surface area contributed by atoms with Gasteiger partial charge in [0.25, 0.3) is 0 Å². The van der Waals surface area contributed by atoms with Crippen molar-refractivity contribution in [1.82, 2.24) is 5.32 Å². The maximum absolute atomic E-state index is 12.6. The number of halogens is 3. The number of alkyl halides is 3. The van der Waals surface area contributed by atoms with Crippen LogP contribution in [0.3, 0.4) is 0 Å². The van der Waals surface area contributed by atoms with Crippen LogP contribution in [0.5, 0.6) is 0 Å². The van der Waals surface area contributed by atoms with Crippen LogP contribution in [-0.4, -0.2) is 25.4 Å². The van der Waals surface area contributed by atoms with Crippen LogP contribution < -0.4 is 5.32 Å². The summed E-state index contributed by atoms with van der Waals surface area (Å²) in [5.74, 6) is 0. The highest BCUT2D eigenvalue weighted by molar-refractivity contribution is 5.31. The highest BCUT2D eigenvalue weighted by atomic mass is 19.4. The van der Waals surface area contributed by atoms with Gasteiger partial charge in [0.05, 0.1) is 12.7 Å². The van der Waals surface area contributed by atoms with Crippen molar-refractivity contribution >= 4 is 0 Å². The molecule has 0 heterocycles. The molecule has 116 valence electrons. The third-order valence-corrected chi connectivity index (χ3v) is 3.15. The first kappa shape index (κ1) is 17.5. The SMILES string of the molecule is CCCNC(C#N)(COC(C)C(F)(F)F)c1ccccc1. The second kappa shape index (κ2) is 7.43. The predicted octanol–water partition coefficient (Wildman–Crippen LogP) is 3.37. The Labute approximate surface area is 122 Å². The third kappa shape index (κ3) is 4.73. The normalized spacial score (nSPS) is 16.0. The van der Waals surface area contributed by atoms with E-state index in [1.807, 2.05) is 6.92 Å². The fraction of sp³-hybridized carbons (Fsp3) is 0.533. The number of nitrogens with one attached hydrogen (secondary N) is 1. The molecule has 0 saturated carbocycles. The van der Waals surface area contributed by atoms with E-state index < -0.39 is 17.8 Å². The summed E-state index contributed by atoms with van der Waals surface area (Å²) < 4.78 is 42.6. The minimum Gasteiger partial charge on any atom is -0.366 e. The van der Waals surface area contributed by atoms with Crippen LogP contribution in [0.1, 0.15) is 25.8 Å². The van der Waals surface area contributed by atoms with Gasteiger partial charge < -0.3 is 4.74 Å². The highest BCUT2D eigenvalue weighted by Gasteiger charge is 2.40. The zero-order valence-corrected chi connectivity index (χ0v) is 12.1. The van der Waals surface area contributed by atoms with E-state index >= 15 is 0 Å². The Kier molecular flexibility index (Phi) is 6.19. The van der Waals surface area contributed by atoms with E-state index in [-0.39, 0.29) is 6.61 Å². The van der Waals surface area contributed by atoms with Crippen molar-refractivity contribution in [2.75, 3.05) is 13.2 Å². The van der Waals surface area contributed by atoms with Gasteiger partial charge in [-0.3, -0.25) is 5.32 Å². The van der Waals surface area contributed by atoms with Crippen LogP contribution in [-0.2, 0) is 10.3 Å². The number of rotatable bonds is 7. The Hall–Kier alpha value is -1.58. The monoisotopic (exact) mass is 300 g/mol. The van der Waals surface area contributed by atoms with Crippen LogP contribution in [0.25, 0.3) is 0 Å². The van der Waals surface area contributed by atoms with Gasteiger partial charge in [-0.15, -0.1) is 0 Å². The van der Waals surface area contributed by atoms with Gasteiger partial charge in [0.15, 0.2) is 11.6 Å². The molecule has 0 amide bonds. The lowest BCUT2D eigenvalue weighted by atomic mass is 9.92. The Morgan fingerprint density at radius 3 is 2.38 bits per heavy atom. The lowest BCUT2D eigenvalue weighted by Gasteiger charge is -2.30. The van der Waals surface area contributed by atoms with Gasteiger partial charge >= 0.3 is 6.18 Å². The summed E-state index contributed by atoms with van der Waals surface area (Å²) in [6.45, 7) is 2.99. The van der Waals surface area contributed by atoms with Crippen molar-refractivity contribution in [2.24, 2.45) is 0 Å². The average molecular weight is 300 g/mol. The van der Waals surface area contributed by atoms with Crippen LogP contribution in [0.2, 0.25) is 0 Å². The Balaban J connectivity index is 2.95. The molecule has 0 bridgehead atoms. The van der Waals surface area contributed by atoms with Crippen molar-refractivity contribution in [2.45, 2.75) is 38.1 Å². The highest BCUT2D eigenvalue weighted by Crippen LogP contribution is 2.26. The summed E-state index contributed by atoms with van der Waals surface area (Å²) in [5, 5.41) is 12.5. The van der Waals surface area contributed by atoms with Gasteiger partial charge in [0, 0.05) is 0 Å². The molecule has 1 rings (SSSR count). The molecule has 1 aromatic rings. The van der Waals surface area contributed by atoms with Crippen molar-refractivity contribution in [3.05, 3.63) is 35.9 Å². The van der Waals surface area contributed by atoms with Crippen LogP contribution >= 0.6 is 0 Å². The predicted molar refractivity (Wildman–Crippen MR) is 73.5 cm³/mol. The first-order chi connectivity index (χ1) is 9.85. The molecule has 3 nitrogen and oxygen atoms in total. The first-order valence-electron chi connectivity index (χ1n) is 6.76. The lowest BCUT2D eigenvalue weighted by molar-refractivity contribution is -0.217. The van der Waals surface area contributed by atoms with Gasteiger partial charge in [-0.1, -0.05) is 37.3 Å². The van der Waals surface area contributed by atoms with Crippen LogP contribution in [0, 0.1) is 11.3 Å². The molecule has 0 spiro atoms. The smallest absolute Gasteiger partial charge is 0.366 e. The van der Waals surface area contributed by atoms with Gasteiger partial charge in [0.1, 0.15) is 0 Å².